The van der Waals surface area contributed by atoms with Crippen molar-refractivity contribution in [3.63, 3.8) is 0 Å². The third-order valence-corrected chi connectivity index (χ3v) is 2.94. The zero-order chi connectivity index (χ0) is 14.5. The van der Waals surface area contributed by atoms with E-state index >= 15 is 0 Å². The van der Waals surface area contributed by atoms with Crippen LogP contribution in [0, 0.1) is 11.3 Å². The van der Waals surface area contributed by atoms with Gasteiger partial charge in [0.1, 0.15) is 18.3 Å². The van der Waals surface area contributed by atoms with E-state index in [2.05, 4.69) is 37.6 Å². The van der Waals surface area contributed by atoms with Gasteiger partial charge in [-0.15, -0.1) is 5.10 Å². The number of aliphatic carboxylic acids is 1. The third kappa shape index (κ3) is 3.55. The van der Waals surface area contributed by atoms with Crippen LogP contribution in [0.5, 0.6) is 0 Å². The number of benzene rings is 1. The maximum atomic E-state index is 10.5. The molecule has 8 heteroatoms. The monoisotopic (exact) mass is 335 g/mol. The highest BCUT2D eigenvalue weighted by Crippen LogP contribution is 2.21. The number of aromatic nitrogens is 3. The molecule has 1 aromatic heterocycles. The second-order valence-corrected chi connectivity index (χ2v) is 4.87. The van der Waals surface area contributed by atoms with Crippen molar-refractivity contribution in [2.24, 2.45) is 0 Å². The molecule has 0 aliphatic heterocycles. The third-order valence-electron chi connectivity index (χ3n) is 2.45. The van der Waals surface area contributed by atoms with Crippen LogP contribution in [-0.2, 0) is 17.9 Å². The Morgan fingerprint density at radius 1 is 1.55 bits per heavy atom. The molecule has 7 nitrogen and oxygen atoms in total. The van der Waals surface area contributed by atoms with E-state index in [1.165, 1.54) is 4.68 Å². The molecular formula is C12H10BrN5O2. The lowest BCUT2D eigenvalue weighted by atomic mass is 10.2. The Kier molecular flexibility index (Phi) is 4.32. The molecule has 0 atom stereocenters. The molecule has 0 saturated carbocycles. The van der Waals surface area contributed by atoms with Gasteiger partial charge in [0.25, 0.3) is 0 Å². The number of hydrogen-bond donors (Lipinski definition) is 2. The molecule has 0 bridgehead atoms. The SMILES string of the molecule is N#Cc1ccc(Br)cc1NCc1cn(CC(=O)O)nn1. The molecule has 0 saturated heterocycles. The predicted octanol–water partition coefficient (Wildman–Crippen LogP) is 1.61. The van der Waals surface area contributed by atoms with Crippen LogP contribution in [0.4, 0.5) is 5.69 Å². The summed E-state index contributed by atoms with van der Waals surface area (Å²) in [6.07, 6.45) is 1.55. The Morgan fingerprint density at radius 3 is 3.05 bits per heavy atom. The number of nitrogens with one attached hydrogen (secondary N) is 1. The van der Waals surface area contributed by atoms with Crippen LogP contribution in [0.2, 0.25) is 0 Å². The minimum Gasteiger partial charge on any atom is -0.480 e. The maximum absolute atomic E-state index is 10.5. The summed E-state index contributed by atoms with van der Waals surface area (Å²) >= 11 is 3.34. The van der Waals surface area contributed by atoms with E-state index in [1.807, 2.05) is 0 Å². The minimum absolute atomic E-state index is 0.229. The van der Waals surface area contributed by atoms with E-state index in [-0.39, 0.29) is 6.54 Å². The van der Waals surface area contributed by atoms with Gasteiger partial charge in [0, 0.05) is 4.47 Å². The molecule has 2 rings (SSSR count). The number of hydrogen-bond acceptors (Lipinski definition) is 5. The standard InChI is InChI=1S/C12H10BrN5O2/c13-9-2-1-8(4-14)11(3-9)15-5-10-6-18(17-16-10)7-12(19)20/h1-3,6,15H,5,7H2,(H,19,20). The fourth-order valence-corrected chi connectivity index (χ4v) is 1.94. The van der Waals surface area contributed by atoms with Crippen molar-refractivity contribution in [2.45, 2.75) is 13.1 Å². The number of carboxylic acids is 1. The van der Waals surface area contributed by atoms with Crippen molar-refractivity contribution in [3.8, 4) is 6.07 Å². The van der Waals surface area contributed by atoms with Crippen LogP contribution in [0.3, 0.4) is 0 Å². The largest absolute Gasteiger partial charge is 0.480 e. The first-order valence-electron chi connectivity index (χ1n) is 5.63. The summed E-state index contributed by atoms with van der Waals surface area (Å²) in [5.74, 6) is -0.979. The highest BCUT2D eigenvalue weighted by atomic mass is 79.9. The van der Waals surface area contributed by atoms with Gasteiger partial charge in [-0.3, -0.25) is 4.79 Å². The zero-order valence-corrected chi connectivity index (χ0v) is 11.8. The van der Waals surface area contributed by atoms with Gasteiger partial charge in [0.05, 0.1) is 24.0 Å². The highest BCUT2D eigenvalue weighted by molar-refractivity contribution is 9.10. The molecule has 0 radical (unpaired) electrons. The first-order valence-corrected chi connectivity index (χ1v) is 6.42. The molecule has 1 heterocycles. The topological polar surface area (TPSA) is 104 Å². The van der Waals surface area contributed by atoms with E-state index in [0.717, 1.165) is 4.47 Å². The van der Waals surface area contributed by atoms with Gasteiger partial charge in [-0.25, -0.2) is 4.68 Å². The number of carboxylic acid groups (broad SMARTS) is 1. The van der Waals surface area contributed by atoms with Crippen LogP contribution in [0.25, 0.3) is 0 Å². The summed E-state index contributed by atoms with van der Waals surface area (Å²) in [6, 6.07) is 7.37. The van der Waals surface area contributed by atoms with E-state index in [0.29, 0.717) is 23.5 Å². The fraction of sp³-hybridized carbons (Fsp3) is 0.167. The predicted molar refractivity (Wildman–Crippen MR) is 73.8 cm³/mol. The maximum Gasteiger partial charge on any atom is 0.325 e. The molecule has 0 fully saturated rings. The number of anilines is 1. The molecule has 0 amide bonds. The molecule has 20 heavy (non-hydrogen) atoms. The lowest BCUT2D eigenvalue weighted by Gasteiger charge is -2.06. The number of rotatable bonds is 5. The molecule has 0 aliphatic rings. The van der Waals surface area contributed by atoms with Crippen molar-refractivity contribution < 1.29 is 9.90 Å². The minimum atomic E-state index is -0.979. The normalized spacial score (nSPS) is 10.0. The molecular weight excluding hydrogens is 326 g/mol. The first-order chi connectivity index (χ1) is 9.58. The van der Waals surface area contributed by atoms with E-state index < -0.39 is 5.97 Å². The Morgan fingerprint density at radius 2 is 2.35 bits per heavy atom. The van der Waals surface area contributed by atoms with Crippen molar-refractivity contribution in [3.05, 3.63) is 40.1 Å². The fourth-order valence-electron chi connectivity index (χ4n) is 1.58. The van der Waals surface area contributed by atoms with E-state index in [9.17, 15) is 4.79 Å². The molecule has 0 unspecified atom stereocenters. The van der Waals surface area contributed by atoms with Crippen molar-refractivity contribution in [1.82, 2.24) is 15.0 Å². The lowest BCUT2D eigenvalue weighted by molar-refractivity contribution is -0.137. The van der Waals surface area contributed by atoms with Gasteiger partial charge < -0.3 is 10.4 Å². The average molecular weight is 336 g/mol. The van der Waals surface area contributed by atoms with Crippen molar-refractivity contribution in [1.29, 1.82) is 5.26 Å². The molecule has 0 spiro atoms. The summed E-state index contributed by atoms with van der Waals surface area (Å²) in [5, 5.41) is 28.3. The summed E-state index contributed by atoms with van der Waals surface area (Å²) in [5.41, 5.74) is 1.79. The molecule has 2 aromatic rings. The Hall–Kier alpha value is -2.40. The molecule has 1 aromatic carbocycles. The van der Waals surface area contributed by atoms with Crippen LogP contribution < -0.4 is 5.32 Å². The zero-order valence-electron chi connectivity index (χ0n) is 10.2. The number of nitriles is 1. The van der Waals surface area contributed by atoms with Gasteiger partial charge >= 0.3 is 5.97 Å². The van der Waals surface area contributed by atoms with Crippen molar-refractivity contribution in [2.75, 3.05) is 5.32 Å². The Labute approximate surface area is 123 Å². The van der Waals surface area contributed by atoms with Crippen LogP contribution >= 0.6 is 15.9 Å². The van der Waals surface area contributed by atoms with E-state index in [1.54, 1.807) is 24.4 Å². The van der Waals surface area contributed by atoms with Crippen LogP contribution in [0.15, 0.2) is 28.9 Å². The first kappa shape index (κ1) is 14.0. The number of carbonyl (C=O) groups is 1. The summed E-state index contributed by atoms with van der Waals surface area (Å²) in [6.45, 7) is 0.123. The van der Waals surface area contributed by atoms with Gasteiger partial charge in [0.2, 0.25) is 0 Å². The summed E-state index contributed by atoms with van der Waals surface area (Å²) < 4.78 is 2.10. The summed E-state index contributed by atoms with van der Waals surface area (Å²) in [4.78, 5) is 10.5. The second kappa shape index (κ2) is 6.16. The quantitative estimate of drug-likeness (QED) is 0.860. The summed E-state index contributed by atoms with van der Waals surface area (Å²) in [7, 11) is 0. The molecule has 2 N–H and O–H groups in total. The lowest BCUT2D eigenvalue weighted by Crippen LogP contribution is -2.09. The van der Waals surface area contributed by atoms with Gasteiger partial charge in [-0.1, -0.05) is 21.1 Å². The Balaban J connectivity index is 2.05. The molecule has 102 valence electrons. The van der Waals surface area contributed by atoms with Gasteiger partial charge in [-0.2, -0.15) is 5.26 Å². The smallest absolute Gasteiger partial charge is 0.325 e. The molecule has 0 aliphatic carbocycles. The van der Waals surface area contributed by atoms with Crippen LogP contribution in [0.1, 0.15) is 11.3 Å². The van der Waals surface area contributed by atoms with E-state index in [4.69, 9.17) is 10.4 Å². The van der Waals surface area contributed by atoms with Gasteiger partial charge in [-0.05, 0) is 18.2 Å². The van der Waals surface area contributed by atoms with Crippen LogP contribution in [-0.4, -0.2) is 26.1 Å². The second-order valence-electron chi connectivity index (χ2n) is 3.96. The van der Waals surface area contributed by atoms with Gasteiger partial charge in [0.15, 0.2) is 0 Å². The average Bonchev–Trinajstić information content (AvgIpc) is 2.83. The number of nitrogens with zero attached hydrogens (tertiary/aromatic N) is 4. The Bertz CT molecular complexity index is 677. The number of halogens is 1. The van der Waals surface area contributed by atoms with Crippen molar-refractivity contribution >= 4 is 27.6 Å². The highest BCUT2D eigenvalue weighted by Gasteiger charge is 2.06.